The lowest BCUT2D eigenvalue weighted by molar-refractivity contribution is -0.122. The van der Waals surface area contributed by atoms with Gasteiger partial charge in [-0.15, -0.1) is 0 Å². The van der Waals surface area contributed by atoms with Crippen molar-refractivity contribution in [2.24, 2.45) is 0 Å². The van der Waals surface area contributed by atoms with Crippen molar-refractivity contribution in [1.29, 1.82) is 0 Å². The summed E-state index contributed by atoms with van der Waals surface area (Å²) in [6, 6.07) is 24.8. The molecule has 1 aliphatic rings. The van der Waals surface area contributed by atoms with Gasteiger partial charge in [-0.1, -0.05) is 48.5 Å². The van der Waals surface area contributed by atoms with Crippen LogP contribution in [0.2, 0.25) is 0 Å². The molecule has 4 aromatic rings. The van der Waals surface area contributed by atoms with Gasteiger partial charge in [-0.2, -0.15) is 0 Å². The van der Waals surface area contributed by atoms with Crippen molar-refractivity contribution in [3.05, 3.63) is 89.7 Å². The lowest BCUT2D eigenvalue weighted by Gasteiger charge is -2.34. The van der Waals surface area contributed by atoms with E-state index >= 15 is 0 Å². The Morgan fingerprint density at radius 2 is 1.54 bits per heavy atom. The number of ether oxygens (including phenoxy) is 2. The van der Waals surface area contributed by atoms with Gasteiger partial charge in [0.25, 0.3) is 0 Å². The molecule has 1 aromatic heterocycles. The van der Waals surface area contributed by atoms with Crippen LogP contribution in [0.1, 0.15) is 17.0 Å². The fourth-order valence-corrected chi connectivity index (χ4v) is 5.14. The smallest absolute Gasteiger partial charge is 0.234 e. The van der Waals surface area contributed by atoms with Crippen molar-refractivity contribution < 1.29 is 14.3 Å². The van der Waals surface area contributed by atoms with Gasteiger partial charge in [0.2, 0.25) is 5.91 Å². The predicted molar refractivity (Wildman–Crippen MR) is 153 cm³/mol. The van der Waals surface area contributed by atoms with Crippen molar-refractivity contribution in [2.45, 2.75) is 19.5 Å². The molecule has 1 N–H and O–H groups in total. The molecule has 39 heavy (non-hydrogen) atoms. The number of piperazine rings is 1. The molecule has 5 rings (SSSR count). The van der Waals surface area contributed by atoms with Crippen molar-refractivity contribution >= 4 is 16.9 Å². The zero-order valence-corrected chi connectivity index (χ0v) is 22.8. The third-order valence-corrected chi connectivity index (χ3v) is 7.30. The highest BCUT2D eigenvalue weighted by molar-refractivity contribution is 5.78. The number of nitrogens with one attached hydrogen (secondary N) is 1. The molecule has 0 bridgehead atoms. The number of nitrogens with zero attached hydrogens (tertiary/aromatic N) is 4. The number of hydrogen-bond donors (Lipinski definition) is 1. The Balaban J connectivity index is 1.10. The van der Waals surface area contributed by atoms with Crippen LogP contribution in [-0.4, -0.2) is 78.7 Å². The van der Waals surface area contributed by atoms with Gasteiger partial charge < -0.3 is 19.4 Å². The van der Waals surface area contributed by atoms with E-state index in [1.54, 1.807) is 14.2 Å². The average molecular weight is 528 g/mol. The van der Waals surface area contributed by atoms with Gasteiger partial charge in [-0.25, -0.2) is 4.98 Å². The summed E-state index contributed by atoms with van der Waals surface area (Å²) < 4.78 is 13.0. The zero-order valence-electron chi connectivity index (χ0n) is 22.8. The number of rotatable bonds is 11. The molecule has 3 aromatic carbocycles. The Bertz CT molecular complexity index is 1380. The first kappa shape index (κ1) is 26.7. The van der Waals surface area contributed by atoms with Crippen LogP contribution in [-0.2, 0) is 24.3 Å². The van der Waals surface area contributed by atoms with Gasteiger partial charge in [-0.05, 0) is 41.8 Å². The maximum atomic E-state index is 12.6. The Morgan fingerprint density at radius 3 is 2.31 bits per heavy atom. The second-order valence-corrected chi connectivity index (χ2v) is 9.93. The molecule has 0 saturated carbocycles. The Morgan fingerprint density at radius 1 is 0.821 bits per heavy atom. The molecule has 1 fully saturated rings. The van der Waals surface area contributed by atoms with Gasteiger partial charge in [-0.3, -0.25) is 14.6 Å². The summed E-state index contributed by atoms with van der Waals surface area (Å²) >= 11 is 0. The maximum absolute atomic E-state index is 12.6. The van der Waals surface area contributed by atoms with Crippen LogP contribution in [0.4, 0.5) is 0 Å². The van der Waals surface area contributed by atoms with Crippen LogP contribution in [0, 0.1) is 0 Å². The number of para-hydroxylation sites is 2. The topological polar surface area (TPSA) is 71.9 Å². The number of benzene rings is 3. The van der Waals surface area contributed by atoms with Crippen LogP contribution in [0.25, 0.3) is 11.0 Å². The van der Waals surface area contributed by atoms with Gasteiger partial charge >= 0.3 is 0 Å². The quantitative estimate of drug-likeness (QED) is 0.322. The molecular formula is C31H37N5O3. The van der Waals surface area contributed by atoms with E-state index in [-0.39, 0.29) is 5.91 Å². The molecule has 0 spiro atoms. The fourth-order valence-electron chi connectivity index (χ4n) is 5.14. The van der Waals surface area contributed by atoms with Crippen LogP contribution in [0.5, 0.6) is 11.5 Å². The molecule has 0 radical (unpaired) electrons. The Labute approximate surface area is 230 Å². The van der Waals surface area contributed by atoms with E-state index in [1.165, 1.54) is 11.1 Å². The second-order valence-electron chi connectivity index (χ2n) is 9.93. The molecule has 1 saturated heterocycles. The number of aromatic nitrogens is 2. The third-order valence-electron chi connectivity index (χ3n) is 7.30. The number of fused-ring (bicyclic) bond motifs is 1. The highest BCUT2D eigenvalue weighted by Gasteiger charge is 2.21. The SMILES string of the molecule is COc1ccc(CCNC(=O)CN2CCN(Cc3nc4ccccc4n3Cc3ccccc3)CC2)cc1OC. The van der Waals surface area contributed by atoms with E-state index in [2.05, 4.69) is 68.2 Å². The summed E-state index contributed by atoms with van der Waals surface area (Å²) in [7, 11) is 3.25. The minimum absolute atomic E-state index is 0.0635. The average Bonchev–Trinajstić information content (AvgIpc) is 3.31. The molecule has 8 heteroatoms. The first-order valence-corrected chi connectivity index (χ1v) is 13.5. The van der Waals surface area contributed by atoms with E-state index in [0.29, 0.717) is 24.6 Å². The van der Waals surface area contributed by atoms with Crippen LogP contribution in [0.3, 0.4) is 0 Å². The normalized spacial score (nSPS) is 14.4. The van der Waals surface area contributed by atoms with Crippen LogP contribution >= 0.6 is 0 Å². The molecule has 0 unspecified atom stereocenters. The summed E-state index contributed by atoms with van der Waals surface area (Å²) in [5.74, 6) is 2.56. The third kappa shape index (κ3) is 6.77. The molecule has 2 heterocycles. The van der Waals surface area contributed by atoms with Gasteiger partial charge in [0.05, 0.1) is 38.3 Å². The Kier molecular flexibility index (Phi) is 8.75. The number of amides is 1. The van der Waals surface area contributed by atoms with E-state index in [0.717, 1.165) is 62.6 Å². The summed E-state index contributed by atoms with van der Waals surface area (Å²) in [4.78, 5) is 22.2. The molecule has 1 aliphatic heterocycles. The molecular weight excluding hydrogens is 490 g/mol. The number of carbonyl (C=O) groups excluding carboxylic acids is 1. The number of imidazole rings is 1. The largest absolute Gasteiger partial charge is 0.493 e. The maximum Gasteiger partial charge on any atom is 0.234 e. The van der Waals surface area contributed by atoms with Crippen LogP contribution < -0.4 is 14.8 Å². The molecule has 0 atom stereocenters. The monoisotopic (exact) mass is 527 g/mol. The van der Waals surface area contributed by atoms with Crippen molar-refractivity contribution in [3.8, 4) is 11.5 Å². The van der Waals surface area contributed by atoms with E-state index in [9.17, 15) is 4.79 Å². The first-order chi connectivity index (χ1) is 19.1. The van der Waals surface area contributed by atoms with Crippen molar-refractivity contribution in [2.75, 3.05) is 53.5 Å². The van der Waals surface area contributed by atoms with E-state index in [4.69, 9.17) is 14.5 Å². The minimum Gasteiger partial charge on any atom is -0.493 e. The summed E-state index contributed by atoms with van der Waals surface area (Å²) in [5.41, 5.74) is 4.57. The number of carbonyl (C=O) groups is 1. The number of hydrogen-bond acceptors (Lipinski definition) is 6. The standard InChI is InChI=1S/C31H37N5O3/c1-38-28-13-12-24(20-29(28)39-2)14-15-32-31(37)23-35-18-16-34(17-19-35)22-30-33-26-10-6-7-11-27(26)36(30)21-25-8-4-3-5-9-25/h3-13,20H,14-19,21-23H2,1-2H3,(H,32,37). The van der Waals surface area contributed by atoms with E-state index in [1.807, 2.05) is 24.3 Å². The highest BCUT2D eigenvalue weighted by Crippen LogP contribution is 2.27. The van der Waals surface area contributed by atoms with E-state index < -0.39 is 0 Å². The summed E-state index contributed by atoms with van der Waals surface area (Å²) in [6.07, 6.45) is 0.740. The zero-order chi connectivity index (χ0) is 27.0. The van der Waals surface area contributed by atoms with Gasteiger partial charge in [0.1, 0.15) is 5.82 Å². The molecule has 1 amide bonds. The van der Waals surface area contributed by atoms with Gasteiger partial charge in [0, 0.05) is 39.3 Å². The number of methoxy groups -OCH3 is 2. The van der Waals surface area contributed by atoms with Gasteiger partial charge in [0.15, 0.2) is 11.5 Å². The molecule has 204 valence electrons. The lowest BCUT2D eigenvalue weighted by Crippen LogP contribution is -2.49. The highest BCUT2D eigenvalue weighted by atomic mass is 16.5. The minimum atomic E-state index is 0.0635. The molecule has 8 nitrogen and oxygen atoms in total. The van der Waals surface area contributed by atoms with Crippen molar-refractivity contribution in [3.63, 3.8) is 0 Å². The second kappa shape index (κ2) is 12.8. The van der Waals surface area contributed by atoms with Crippen LogP contribution in [0.15, 0.2) is 72.8 Å². The summed E-state index contributed by atoms with van der Waals surface area (Å²) in [5, 5.41) is 3.06. The lowest BCUT2D eigenvalue weighted by atomic mass is 10.1. The summed E-state index contributed by atoms with van der Waals surface area (Å²) in [6.45, 7) is 6.16. The molecule has 0 aliphatic carbocycles. The van der Waals surface area contributed by atoms with Crippen molar-refractivity contribution in [1.82, 2.24) is 24.7 Å². The fraction of sp³-hybridized carbons (Fsp3) is 0.355. The predicted octanol–water partition coefficient (Wildman–Crippen LogP) is 3.58. The first-order valence-electron chi connectivity index (χ1n) is 13.5. The Hall–Kier alpha value is -3.88.